The molecule has 0 aliphatic heterocycles. The summed E-state index contributed by atoms with van der Waals surface area (Å²) in [4.78, 5) is 16.3. The average Bonchev–Trinajstić information content (AvgIpc) is 2.60. The first kappa shape index (κ1) is 18.0. The molecule has 0 saturated carbocycles. The van der Waals surface area contributed by atoms with Crippen LogP contribution in [0.1, 0.15) is 15.9 Å². The maximum absolute atomic E-state index is 12.3. The molecule has 2 aromatic carbocycles. The van der Waals surface area contributed by atoms with Crippen molar-refractivity contribution in [1.82, 2.24) is 9.29 Å². The third kappa shape index (κ3) is 3.18. The van der Waals surface area contributed by atoms with E-state index in [1.165, 1.54) is 38.4 Å². The number of rotatable bonds is 4. The van der Waals surface area contributed by atoms with Crippen LogP contribution in [-0.4, -0.2) is 42.9 Å². The van der Waals surface area contributed by atoms with Crippen molar-refractivity contribution in [1.29, 1.82) is 0 Å². The highest BCUT2D eigenvalue weighted by Gasteiger charge is 2.20. The molecular formula is C19H18N2O4S. The Bertz CT molecular complexity index is 1100. The number of aryl methyl sites for hydroxylation is 1. The lowest BCUT2D eigenvalue weighted by molar-refractivity contribution is 0.0699. The van der Waals surface area contributed by atoms with E-state index >= 15 is 0 Å². The number of carbonyl (C=O) groups is 1. The Morgan fingerprint density at radius 3 is 2.27 bits per heavy atom. The highest BCUT2D eigenvalue weighted by Crippen LogP contribution is 2.27. The van der Waals surface area contributed by atoms with Gasteiger partial charge in [-0.25, -0.2) is 22.5 Å². The Morgan fingerprint density at radius 2 is 1.69 bits per heavy atom. The van der Waals surface area contributed by atoms with E-state index in [1.54, 1.807) is 0 Å². The van der Waals surface area contributed by atoms with E-state index in [0.717, 1.165) is 15.4 Å². The van der Waals surface area contributed by atoms with Crippen molar-refractivity contribution in [2.45, 2.75) is 11.8 Å². The minimum atomic E-state index is -3.67. The van der Waals surface area contributed by atoms with Crippen molar-refractivity contribution in [2.24, 2.45) is 0 Å². The topological polar surface area (TPSA) is 87.6 Å². The molecule has 0 aliphatic rings. The maximum atomic E-state index is 12.3. The number of carboxylic acids is 1. The molecule has 0 aliphatic carbocycles. The molecule has 3 rings (SSSR count). The van der Waals surface area contributed by atoms with E-state index in [4.69, 9.17) is 0 Å². The van der Waals surface area contributed by atoms with Gasteiger partial charge >= 0.3 is 5.97 Å². The number of fused-ring (bicyclic) bond motifs is 1. The largest absolute Gasteiger partial charge is 0.478 e. The van der Waals surface area contributed by atoms with Gasteiger partial charge in [-0.2, -0.15) is 0 Å². The average molecular weight is 370 g/mol. The molecule has 1 N–H and O–H groups in total. The Kier molecular flexibility index (Phi) is 4.52. The summed E-state index contributed by atoms with van der Waals surface area (Å²) in [6.07, 6.45) is 0. The molecule has 3 aromatic rings. The first-order chi connectivity index (χ1) is 12.2. The van der Waals surface area contributed by atoms with Crippen LogP contribution in [0.2, 0.25) is 0 Å². The zero-order valence-electron chi connectivity index (χ0n) is 14.6. The van der Waals surface area contributed by atoms with Crippen LogP contribution in [0.4, 0.5) is 0 Å². The summed E-state index contributed by atoms with van der Waals surface area (Å²) in [6.45, 7) is 1.97. The smallest absolute Gasteiger partial charge is 0.336 e. The summed E-state index contributed by atoms with van der Waals surface area (Å²) in [5, 5.41) is 9.90. The molecule has 0 unspecified atom stereocenters. The lowest BCUT2D eigenvalue weighted by Gasteiger charge is -2.13. The lowest BCUT2D eigenvalue weighted by Crippen LogP contribution is -2.22. The molecule has 6 nitrogen and oxygen atoms in total. The zero-order chi connectivity index (χ0) is 19.1. The van der Waals surface area contributed by atoms with Gasteiger partial charge in [0.2, 0.25) is 10.0 Å². The van der Waals surface area contributed by atoms with E-state index in [1.807, 2.05) is 31.2 Å². The number of pyridine rings is 1. The first-order valence-electron chi connectivity index (χ1n) is 7.88. The Labute approximate surface area is 151 Å². The van der Waals surface area contributed by atoms with E-state index in [2.05, 4.69) is 4.98 Å². The fourth-order valence-corrected chi connectivity index (χ4v) is 3.55. The third-order valence-electron chi connectivity index (χ3n) is 4.14. The summed E-state index contributed by atoms with van der Waals surface area (Å²) in [6, 6.07) is 13.4. The predicted molar refractivity (Wildman–Crippen MR) is 99.7 cm³/mol. The van der Waals surface area contributed by atoms with E-state index < -0.39 is 16.0 Å². The molecule has 0 atom stereocenters. The number of aromatic nitrogens is 1. The second kappa shape index (κ2) is 6.51. The number of carboxylic acid groups (broad SMARTS) is 1. The summed E-state index contributed by atoms with van der Waals surface area (Å²) < 4.78 is 25.8. The Morgan fingerprint density at radius 1 is 1.04 bits per heavy atom. The minimum Gasteiger partial charge on any atom is -0.478 e. The first-order valence-corrected chi connectivity index (χ1v) is 9.32. The normalized spacial score (nSPS) is 11.8. The molecule has 0 fully saturated rings. The lowest BCUT2D eigenvalue weighted by atomic mass is 10.0. The van der Waals surface area contributed by atoms with Gasteiger partial charge in [0.15, 0.2) is 0 Å². The van der Waals surface area contributed by atoms with Crippen molar-refractivity contribution >= 4 is 26.9 Å². The third-order valence-corrected chi connectivity index (χ3v) is 5.95. The van der Waals surface area contributed by atoms with Gasteiger partial charge in [0.1, 0.15) is 0 Å². The second-order valence-electron chi connectivity index (χ2n) is 6.19. The number of hydrogen-bond acceptors (Lipinski definition) is 4. The number of sulfonamides is 1. The van der Waals surface area contributed by atoms with Crippen LogP contribution in [0, 0.1) is 6.92 Å². The monoisotopic (exact) mass is 370 g/mol. The fraction of sp³-hybridized carbons (Fsp3) is 0.158. The molecule has 0 spiro atoms. The SMILES string of the molecule is Cc1ccc(-c2cc(C(=O)O)c3cc(S(=O)(=O)N(C)C)ccc3n2)cc1. The molecule has 1 heterocycles. The van der Waals surface area contributed by atoms with Gasteiger partial charge in [0.25, 0.3) is 0 Å². The van der Waals surface area contributed by atoms with Gasteiger partial charge < -0.3 is 5.11 Å². The van der Waals surface area contributed by atoms with Crippen molar-refractivity contribution < 1.29 is 18.3 Å². The number of hydrogen-bond donors (Lipinski definition) is 1. The summed E-state index contributed by atoms with van der Waals surface area (Å²) in [5.74, 6) is -1.13. The van der Waals surface area contributed by atoms with Crippen LogP contribution in [0.3, 0.4) is 0 Å². The van der Waals surface area contributed by atoms with Crippen LogP contribution in [0.5, 0.6) is 0 Å². The molecule has 26 heavy (non-hydrogen) atoms. The van der Waals surface area contributed by atoms with Gasteiger partial charge in [0.05, 0.1) is 21.7 Å². The Balaban J connectivity index is 2.26. The van der Waals surface area contributed by atoms with Crippen LogP contribution in [-0.2, 0) is 10.0 Å². The second-order valence-corrected chi connectivity index (χ2v) is 8.34. The van der Waals surface area contributed by atoms with Crippen LogP contribution >= 0.6 is 0 Å². The molecule has 1 aromatic heterocycles. The molecule has 0 saturated heterocycles. The van der Waals surface area contributed by atoms with Crippen molar-refractivity contribution in [2.75, 3.05) is 14.1 Å². The predicted octanol–water partition coefficient (Wildman–Crippen LogP) is 3.16. The fourth-order valence-electron chi connectivity index (χ4n) is 2.63. The molecule has 7 heteroatoms. The molecule has 0 bridgehead atoms. The standard InChI is InChI=1S/C19H18N2O4S/c1-12-4-6-13(7-5-12)18-11-16(19(22)23)15-10-14(8-9-17(15)20-18)26(24,25)21(2)3/h4-11H,1-3H3,(H,22,23). The van der Waals surface area contributed by atoms with E-state index in [9.17, 15) is 18.3 Å². The molecule has 134 valence electrons. The maximum Gasteiger partial charge on any atom is 0.336 e. The molecule has 0 amide bonds. The van der Waals surface area contributed by atoms with Crippen molar-refractivity contribution in [3.63, 3.8) is 0 Å². The van der Waals surface area contributed by atoms with Gasteiger partial charge in [-0.1, -0.05) is 29.8 Å². The number of benzene rings is 2. The quantitative estimate of drug-likeness (QED) is 0.762. The van der Waals surface area contributed by atoms with Gasteiger partial charge in [-0.05, 0) is 31.2 Å². The van der Waals surface area contributed by atoms with Gasteiger partial charge in [-0.15, -0.1) is 0 Å². The molecular weight excluding hydrogens is 352 g/mol. The molecule has 0 radical (unpaired) electrons. The summed E-state index contributed by atoms with van der Waals surface area (Å²) in [5.41, 5.74) is 2.86. The highest BCUT2D eigenvalue weighted by molar-refractivity contribution is 7.89. The van der Waals surface area contributed by atoms with E-state index in [0.29, 0.717) is 11.2 Å². The van der Waals surface area contributed by atoms with Crippen molar-refractivity contribution in [3.8, 4) is 11.3 Å². The van der Waals surface area contributed by atoms with Crippen LogP contribution in [0.25, 0.3) is 22.2 Å². The number of nitrogens with zero attached hydrogens (tertiary/aromatic N) is 2. The zero-order valence-corrected chi connectivity index (χ0v) is 15.4. The number of aromatic carboxylic acids is 1. The summed E-state index contributed by atoms with van der Waals surface area (Å²) in [7, 11) is -0.811. The van der Waals surface area contributed by atoms with Crippen molar-refractivity contribution in [3.05, 3.63) is 59.7 Å². The minimum absolute atomic E-state index is 0.0152. The van der Waals surface area contributed by atoms with Crippen LogP contribution < -0.4 is 0 Å². The van der Waals surface area contributed by atoms with Gasteiger partial charge in [-0.3, -0.25) is 0 Å². The van der Waals surface area contributed by atoms with E-state index in [-0.39, 0.29) is 15.8 Å². The Hall–Kier alpha value is -2.77. The van der Waals surface area contributed by atoms with Crippen LogP contribution in [0.15, 0.2) is 53.4 Å². The summed E-state index contributed by atoms with van der Waals surface area (Å²) >= 11 is 0. The highest BCUT2D eigenvalue weighted by atomic mass is 32.2. The van der Waals surface area contributed by atoms with Gasteiger partial charge in [0, 0.05) is 25.0 Å².